The molecule has 24 heavy (non-hydrogen) atoms. The van der Waals surface area contributed by atoms with Crippen molar-refractivity contribution in [3.05, 3.63) is 45.1 Å². The second kappa shape index (κ2) is 6.03. The molecule has 0 saturated carbocycles. The van der Waals surface area contributed by atoms with Gasteiger partial charge in [0.05, 0.1) is 21.1 Å². The monoisotopic (exact) mass is 343 g/mol. The lowest BCUT2D eigenvalue weighted by molar-refractivity contribution is 0.0861. The lowest BCUT2D eigenvalue weighted by Crippen LogP contribution is -2.31. The first kappa shape index (κ1) is 15.4. The number of fused-ring (bicyclic) bond motifs is 3. The molecule has 1 saturated heterocycles. The fourth-order valence-electron chi connectivity index (χ4n) is 3.02. The van der Waals surface area contributed by atoms with Crippen LogP contribution in [-0.2, 0) is 4.74 Å². The van der Waals surface area contributed by atoms with Crippen molar-refractivity contribution in [3.8, 4) is 0 Å². The van der Waals surface area contributed by atoms with E-state index in [1.165, 1.54) is 11.3 Å². The maximum Gasteiger partial charge on any atom is 0.345 e. The fourth-order valence-corrected chi connectivity index (χ4v) is 4.10. The van der Waals surface area contributed by atoms with Crippen molar-refractivity contribution in [3.63, 3.8) is 0 Å². The molecule has 3 aromatic rings. The van der Waals surface area contributed by atoms with Gasteiger partial charge in [0.2, 0.25) is 0 Å². The molecule has 0 radical (unpaired) electrons. The Bertz CT molecular complexity index is 982. The van der Waals surface area contributed by atoms with E-state index in [2.05, 4.69) is 5.32 Å². The Balaban J connectivity index is 1.70. The summed E-state index contributed by atoms with van der Waals surface area (Å²) in [6, 6.07) is 7.30. The largest absolute Gasteiger partial charge is 0.422 e. The van der Waals surface area contributed by atoms with Crippen molar-refractivity contribution in [1.29, 1.82) is 0 Å². The quantitative estimate of drug-likeness (QED) is 0.742. The van der Waals surface area contributed by atoms with E-state index >= 15 is 0 Å². The van der Waals surface area contributed by atoms with E-state index in [1.54, 1.807) is 12.1 Å². The number of carbonyl (C=O) groups is 1. The molecule has 124 valence electrons. The lowest BCUT2D eigenvalue weighted by atomic mass is 10.1. The van der Waals surface area contributed by atoms with Crippen LogP contribution in [0.5, 0.6) is 0 Å². The molecule has 6 heteroatoms. The van der Waals surface area contributed by atoms with Gasteiger partial charge in [-0.1, -0.05) is 11.6 Å². The number of hydrogen-bond donors (Lipinski definition) is 1. The molecular weight excluding hydrogens is 326 g/mol. The number of thiophene rings is 1. The summed E-state index contributed by atoms with van der Waals surface area (Å²) in [7, 11) is 0. The summed E-state index contributed by atoms with van der Waals surface area (Å²) in [5, 5.41) is 4.22. The Hall–Kier alpha value is -2.18. The van der Waals surface area contributed by atoms with E-state index < -0.39 is 5.63 Å². The summed E-state index contributed by atoms with van der Waals surface area (Å²) >= 11 is 1.33. The first-order chi connectivity index (χ1) is 11.6. The maximum absolute atomic E-state index is 12.4. The van der Waals surface area contributed by atoms with E-state index in [1.807, 2.05) is 19.1 Å². The number of carbonyl (C=O) groups excluding carboxylic acids is 1. The second-order valence-corrected chi connectivity index (χ2v) is 7.14. The number of nitrogens with one attached hydrogen (secondary N) is 1. The van der Waals surface area contributed by atoms with Gasteiger partial charge < -0.3 is 14.5 Å². The van der Waals surface area contributed by atoms with E-state index in [4.69, 9.17) is 9.15 Å². The minimum absolute atomic E-state index is 0.0943. The van der Waals surface area contributed by atoms with Crippen LogP contribution in [0.1, 0.15) is 28.1 Å². The third kappa shape index (κ3) is 2.72. The third-order valence-electron chi connectivity index (χ3n) is 4.27. The Morgan fingerprint density at radius 3 is 3.00 bits per heavy atom. The van der Waals surface area contributed by atoms with E-state index in [-0.39, 0.29) is 12.0 Å². The van der Waals surface area contributed by atoms with Crippen LogP contribution >= 0.6 is 11.3 Å². The van der Waals surface area contributed by atoms with Crippen LogP contribution in [0.2, 0.25) is 0 Å². The maximum atomic E-state index is 12.4. The molecule has 0 spiro atoms. The number of hydrogen-bond acceptors (Lipinski definition) is 5. The van der Waals surface area contributed by atoms with Crippen LogP contribution in [-0.4, -0.2) is 25.2 Å². The third-order valence-corrected chi connectivity index (χ3v) is 5.44. The molecule has 4 rings (SSSR count). The van der Waals surface area contributed by atoms with Crippen LogP contribution in [0.25, 0.3) is 21.1 Å². The molecule has 1 unspecified atom stereocenters. The molecule has 2 aromatic heterocycles. The van der Waals surface area contributed by atoms with Gasteiger partial charge in [-0.05, 0) is 38.0 Å². The van der Waals surface area contributed by atoms with Crippen LogP contribution < -0.4 is 10.9 Å². The standard InChI is InChI=1S/C18H17NO4S/c1-10-4-5-14-12(7-10)16-13(18(21)23-14)8-15(24-16)17(20)19-9-11-3-2-6-22-11/h4-5,7-8,11H,2-3,6,9H2,1H3,(H,19,20). The molecule has 1 aliphatic heterocycles. The van der Waals surface area contributed by atoms with Crippen molar-refractivity contribution in [2.24, 2.45) is 0 Å². The number of amides is 1. The van der Waals surface area contributed by atoms with Gasteiger partial charge in [-0.25, -0.2) is 4.79 Å². The van der Waals surface area contributed by atoms with Crippen LogP contribution in [0.3, 0.4) is 0 Å². The topological polar surface area (TPSA) is 68.5 Å². The van der Waals surface area contributed by atoms with E-state index in [0.717, 1.165) is 35.1 Å². The smallest absolute Gasteiger partial charge is 0.345 e. The van der Waals surface area contributed by atoms with Gasteiger partial charge in [0.25, 0.3) is 5.91 Å². The zero-order valence-electron chi connectivity index (χ0n) is 13.3. The van der Waals surface area contributed by atoms with Crippen LogP contribution in [0.15, 0.2) is 33.5 Å². The lowest BCUT2D eigenvalue weighted by Gasteiger charge is -2.09. The molecule has 1 atom stereocenters. The number of benzene rings is 1. The Morgan fingerprint density at radius 2 is 2.21 bits per heavy atom. The molecule has 1 aromatic carbocycles. The average Bonchev–Trinajstić information content (AvgIpc) is 3.23. The van der Waals surface area contributed by atoms with E-state index in [9.17, 15) is 9.59 Å². The van der Waals surface area contributed by atoms with E-state index in [0.29, 0.717) is 22.4 Å². The average molecular weight is 343 g/mol. The molecule has 1 N–H and O–H groups in total. The number of ether oxygens (including phenoxy) is 1. The summed E-state index contributed by atoms with van der Waals surface area (Å²) in [6.07, 6.45) is 2.10. The van der Waals surface area contributed by atoms with Gasteiger partial charge in [0.1, 0.15) is 5.58 Å². The molecule has 3 heterocycles. The summed E-state index contributed by atoms with van der Waals surface area (Å²) in [4.78, 5) is 25.1. The highest BCUT2D eigenvalue weighted by atomic mass is 32.1. The highest BCUT2D eigenvalue weighted by molar-refractivity contribution is 7.21. The highest BCUT2D eigenvalue weighted by Gasteiger charge is 2.19. The van der Waals surface area contributed by atoms with Gasteiger partial charge in [-0.2, -0.15) is 0 Å². The van der Waals surface area contributed by atoms with Gasteiger partial charge in [-0.3, -0.25) is 4.79 Å². The first-order valence-electron chi connectivity index (χ1n) is 7.98. The molecule has 5 nitrogen and oxygen atoms in total. The Labute approximate surface area is 142 Å². The van der Waals surface area contributed by atoms with Crippen molar-refractivity contribution in [1.82, 2.24) is 5.32 Å². The van der Waals surface area contributed by atoms with Crippen molar-refractivity contribution in [2.75, 3.05) is 13.2 Å². The zero-order chi connectivity index (χ0) is 16.7. The van der Waals surface area contributed by atoms with Crippen LogP contribution in [0.4, 0.5) is 0 Å². The summed E-state index contributed by atoms with van der Waals surface area (Å²) in [5.41, 5.74) is 1.22. The summed E-state index contributed by atoms with van der Waals surface area (Å²) in [6.45, 7) is 3.25. The molecule has 1 fully saturated rings. The van der Waals surface area contributed by atoms with Crippen molar-refractivity contribution < 1.29 is 13.9 Å². The molecule has 1 aliphatic rings. The van der Waals surface area contributed by atoms with Crippen molar-refractivity contribution in [2.45, 2.75) is 25.9 Å². The Morgan fingerprint density at radius 1 is 1.33 bits per heavy atom. The summed E-state index contributed by atoms with van der Waals surface area (Å²) in [5.74, 6) is -0.174. The molecule has 0 aliphatic carbocycles. The zero-order valence-corrected chi connectivity index (χ0v) is 14.1. The summed E-state index contributed by atoms with van der Waals surface area (Å²) < 4.78 is 11.7. The predicted molar refractivity (Wildman–Crippen MR) is 93.9 cm³/mol. The first-order valence-corrected chi connectivity index (χ1v) is 8.80. The second-order valence-electron chi connectivity index (χ2n) is 6.09. The normalized spacial score (nSPS) is 17.6. The van der Waals surface area contributed by atoms with Gasteiger partial charge >= 0.3 is 5.63 Å². The number of rotatable bonds is 3. The Kier molecular flexibility index (Phi) is 3.86. The van der Waals surface area contributed by atoms with Gasteiger partial charge in [0, 0.05) is 18.5 Å². The van der Waals surface area contributed by atoms with Crippen LogP contribution in [0, 0.1) is 6.92 Å². The molecular formula is C18H17NO4S. The fraction of sp³-hybridized carbons (Fsp3) is 0.333. The van der Waals surface area contributed by atoms with Gasteiger partial charge in [0.15, 0.2) is 0 Å². The van der Waals surface area contributed by atoms with Crippen molar-refractivity contribution >= 4 is 38.3 Å². The van der Waals surface area contributed by atoms with Gasteiger partial charge in [-0.15, -0.1) is 11.3 Å². The number of aryl methyl sites for hydroxylation is 1. The highest BCUT2D eigenvalue weighted by Crippen LogP contribution is 2.31. The minimum Gasteiger partial charge on any atom is -0.422 e. The molecule has 0 bridgehead atoms. The SMILES string of the molecule is Cc1ccc2oc(=O)c3cc(C(=O)NCC4CCCO4)sc3c2c1. The molecule has 1 amide bonds. The minimum atomic E-state index is -0.407. The predicted octanol–water partition coefficient (Wildman–Crippen LogP) is 3.22.